The summed E-state index contributed by atoms with van der Waals surface area (Å²) in [5.74, 6) is 0.456. The van der Waals surface area contributed by atoms with E-state index in [4.69, 9.17) is 0 Å². The molecule has 2 aliphatic rings. The highest BCUT2D eigenvalue weighted by Crippen LogP contribution is 2.25. The number of nitrogens with zero attached hydrogens (tertiary/aromatic N) is 2. The van der Waals surface area contributed by atoms with Gasteiger partial charge in [-0.15, -0.1) is 0 Å². The van der Waals surface area contributed by atoms with E-state index in [2.05, 4.69) is 27.8 Å². The zero-order valence-electron chi connectivity index (χ0n) is 14.2. The Morgan fingerprint density at radius 3 is 2.29 bits per heavy atom. The molecule has 2 amide bonds. The molecule has 1 aromatic rings. The Morgan fingerprint density at radius 1 is 1.00 bits per heavy atom. The second-order valence-corrected chi connectivity index (χ2v) is 7.87. The van der Waals surface area contributed by atoms with E-state index in [1.165, 1.54) is 6.42 Å². The highest BCUT2D eigenvalue weighted by atomic mass is 79.9. The van der Waals surface area contributed by atoms with Gasteiger partial charge >= 0.3 is 0 Å². The van der Waals surface area contributed by atoms with Crippen molar-refractivity contribution in [2.75, 3.05) is 19.6 Å². The Balaban J connectivity index is 1.56. The predicted octanol–water partition coefficient (Wildman–Crippen LogP) is 3.70. The Bertz CT molecular complexity index is 594. The molecule has 1 aromatic carbocycles. The van der Waals surface area contributed by atoms with Gasteiger partial charge in [-0.05, 0) is 63.3 Å². The number of carbonyl (C=O) groups excluding carboxylic acids is 2. The standard InChI is InChI=1S/C19H25BrN2O2/c1-14-4-2-3-11-22(14)19(24)16-9-12-21(13-10-16)18(23)15-5-7-17(20)8-6-15/h5-8,14,16H,2-4,9-13H2,1H3/t14-/m1/s1. The summed E-state index contributed by atoms with van der Waals surface area (Å²) in [6.45, 7) is 4.41. The molecule has 0 saturated carbocycles. The van der Waals surface area contributed by atoms with Gasteiger partial charge in [-0.25, -0.2) is 0 Å². The van der Waals surface area contributed by atoms with E-state index in [0.717, 1.165) is 36.7 Å². The smallest absolute Gasteiger partial charge is 0.253 e. The number of halogens is 1. The number of hydrogen-bond acceptors (Lipinski definition) is 2. The van der Waals surface area contributed by atoms with Crippen LogP contribution in [0.2, 0.25) is 0 Å². The summed E-state index contributed by atoms with van der Waals surface area (Å²) in [6.07, 6.45) is 5.03. The maximum Gasteiger partial charge on any atom is 0.253 e. The van der Waals surface area contributed by atoms with E-state index in [-0.39, 0.29) is 11.8 Å². The van der Waals surface area contributed by atoms with Crippen LogP contribution < -0.4 is 0 Å². The Morgan fingerprint density at radius 2 is 1.67 bits per heavy atom. The van der Waals surface area contributed by atoms with Gasteiger partial charge in [-0.2, -0.15) is 0 Å². The van der Waals surface area contributed by atoms with Crippen molar-refractivity contribution in [3.63, 3.8) is 0 Å². The average Bonchev–Trinajstić information content (AvgIpc) is 2.62. The molecular formula is C19H25BrN2O2. The van der Waals surface area contributed by atoms with Crippen molar-refractivity contribution in [2.45, 2.75) is 45.1 Å². The second-order valence-electron chi connectivity index (χ2n) is 6.95. The zero-order chi connectivity index (χ0) is 17.1. The van der Waals surface area contributed by atoms with Gasteiger partial charge in [0.05, 0.1) is 0 Å². The molecule has 3 rings (SSSR count). The molecule has 0 bridgehead atoms. The van der Waals surface area contributed by atoms with E-state index in [1.807, 2.05) is 29.2 Å². The summed E-state index contributed by atoms with van der Waals surface area (Å²) in [4.78, 5) is 29.3. The first-order valence-electron chi connectivity index (χ1n) is 8.91. The lowest BCUT2D eigenvalue weighted by Gasteiger charge is -2.38. The van der Waals surface area contributed by atoms with Crippen LogP contribution in [-0.4, -0.2) is 47.3 Å². The molecule has 2 aliphatic heterocycles. The lowest BCUT2D eigenvalue weighted by Crippen LogP contribution is -2.48. The van der Waals surface area contributed by atoms with Crippen molar-refractivity contribution in [1.29, 1.82) is 0 Å². The van der Waals surface area contributed by atoms with Crippen LogP contribution in [0.15, 0.2) is 28.7 Å². The molecule has 0 spiro atoms. The SMILES string of the molecule is C[C@@H]1CCCCN1C(=O)C1CCN(C(=O)c2ccc(Br)cc2)CC1. The second kappa shape index (κ2) is 7.68. The maximum atomic E-state index is 12.8. The van der Waals surface area contributed by atoms with Crippen molar-refractivity contribution in [3.8, 4) is 0 Å². The van der Waals surface area contributed by atoms with Gasteiger partial charge in [-0.1, -0.05) is 15.9 Å². The van der Waals surface area contributed by atoms with Crippen molar-refractivity contribution >= 4 is 27.7 Å². The fourth-order valence-electron chi connectivity index (χ4n) is 3.76. The minimum absolute atomic E-state index is 0.0692. The summed E-state index contributed by atoms with van der Waals surface area (Å²) < 4.78 is 0.971. The van der Waals surface area contributed by atoms with Crippen molar-refractivity contribution < 1.29 is 9.59 Å². The highest BCUT2D eigenvalue weighted by molar-refractivity contribution is 9.10. The average molecular weight is 393 g/mol. The van der Waals surface area contributed by atoms with Gasteiger partial charge in [-0.3, -0.25) is 9.59 Å². The molecule has 5 heteroatoms. The van der Waals surface area contributed by atoms with Gasteiger partial charge in [0.2, 0.25) is 5.91 Å². The first-order chi connectivity index (χ1) is 11.6. The van der Waals surface area contributed by atoms with Crippen molar-refractivity contribution in [2.24, 2.45) is 5.92 Å². The first kappa shape index (κ1) is 17.5. The number of hydrogen-bond donors (Lipinski definition) is 0. The molecule has 0 unspecified atom stereocenters. The number of amides is 2. The van der Waals surface area contributed by atoms with Crippen LogP contribution in [0.4, 0.5) is 0 Å². The molecule has 0 aromatic heterocycles. The number of benzene rings is 1. The van der Waals surface area contributed by atoms with Crippen LogP contribution in [0, 0.1) is 5.92 Å². The quantitative estimate of drug-likeness (QED) is 0.769. The molecular weight excluding hydrogens is 368 g/mol. The monoisotopic (exact) mass is 392 g/mol. The van der Waals surface area contributed by atoms with E-state index in [1.54, 1.807) is 0 Å². The summed E-state index contributed by atoms with van der Waals surface area (Å²) in [5.41, 5.74) is 0.715. The lowest BCUT2D eigenvalue weighted by atomic mass is 9.92. The molecule has 4 nitrogen and oxygen atoms in total. The Hall–Kier alpha value is -1.36. The zero-order valence-corrected chi connectivity index (χ0v) is 15.8. The minimum Gasteiger partial charge on any atom is -0.340 e. The lowest BCUT2D eigenvalue weighted by molar-refractivity contribution is -0.140. The maximum absolute atomic E-state index is 12.8. The first-order valence-corrected chi connectivity index (χ1v) is 9.71. The largest absolute Gasteiger partial charge is 0.340 e. The van der Waals surface area contributed by atoms with Crippen LogP contribution in [0.1, 0.15) is 49.4 Å². The van der Waals surface area contributed by atoms with Gasteiger partial charge in [0.1, 0.15) is 0 Å². The van der Waals surface area contributed by atoms with Crippen molar-refractivity contribution in [3.05, 3.63) is 34.3 Å². The third kappa shape index (κ3) is 3.82. The minimum atomic E-state index is 0.0692. The molecule has 1 atom stereocenters. The summed E-state index contributed by atoms with van der Waals surface area (Å²) in [6, 6.07) is 7.84. The van der Waals surface area contributed by atoms with Gasteiger partial charge in [0.25, 0.3) is 5.91 Å². The fourth-order valence-corrected chi connectivity index (χ4v) is 4.03. The summed E-state index contributed by atoms with van der Waals surface area (Å²) >= 11 is 3.39. The van der Waals surface area contributed by atoms with Crippen LogP contribution in [0.3, 0.4) is 0 Å². The van der Waals surface area contributed by atoms with Crippen molar-refractivity contribution in [1.82, 2.24) is 9.80 Å². The molecule has 2 heterocycles. The summed E-state index contributed by atoms with van der Waals surface area (Å²) in [5, 5.41) is 0. The third-order valence-electron chi connectivity index (χ3n) is 5.31. The van der Waals surface area contributed by atoms with Crippen LogP contribution >= 0.6 is 15.9 Å². The molecule has 24 heavy (non-hydrogen) atoms. The number of likely N-dealkylation sites (tertiary alicyclic amines) is 2. The molecule has 2 saturated heterocycles. The topological polar surface area (TPSA) is 40.6 Å². The predicted molar refractivity (Wildman–Crippen MR) is 97.8 cm³/mol. The van der Waals surface area contributed by atoms with Gasteiger partial charge in [0, 0.05) is 41.6 Å². The molecule has 2 fully saturated rings. The van der Waals surface area contributed by atoms with E-state index in [9.17, 15) is 9.59 Å². The number of piperidine rings is 2. The number of carbonyl (C=O) groups is 2. The number of rotatable bonds is 2. The Kier molecular flexibility index (Phi) is 5.59. The van der Waals surface area contributed by atoms with E-state index >= 15 is 0 Å². The molecule has 0 radical (unpaired) electrons. The third-order valence-corrected chi connectivity index (χ3v) is 5.84. The fraction of sp³-hybridized carbons (Fsp3) is 0.579. The van der Waals surface area contributed by atoms with Crippen LogP contribution in [0.25, 0.3) is 0 Å². The van der Waals surface area contributed by atoms with Gasteiger partial charge in [0.15, 0.2) is 0 Å². The summed E-state index contributed by atoms with van der Waals surface area (Å²) in [7, 11) is 0. The molecule has 0 aliphatic carbocycles. The highest BCUT2D eigenvalue weighted by Gasteiger charge is 2.33. The van der Waals surface area contributed by atoms with E-state index < -0.39 is 0 Å². The molecule has 0 N–H and O–H groups in total. The van der Waals surface area contributed by atoms with Crippen LogP contribution in [-0.2, 0) is 4.79 Å². The van der Waals surface area contributed by atoms with Crippen LogP contribution in [0.5, 0.6) is 0 Å². The normalized spacial score (nSPS) is 22.5. The molecule has 130 valence electrons. The Labute approximate surface area is 152 Å². The van der Waals surface area contributed by atoms with Gasteiger partial charge < -0.3 is 9.80 Å². The van der Waals surface area contributed by atoms with E-state index in [0.29, 0.717) is 30.6 Å².